The fourth-order valence-corrected chi connectivity index (χ4v) is 2.66. The minimum absolute atomic E-state index is 0.0220. The molecule has 2 unspecified atom stereocenters. The van der Waals surface area contributed by atoms with Gasteiger partial charge in [0.05, 0.1) is 7.11 Å². The first-order valence-electron chi connectivity index (χ1n) is 6.07. The topological polar surface area (TPSA) is 29.5 Å². The molecule has 0 amide bonds. The molecule has 0 spiro atoms. The fourth-order valence-electron chi connectivity index (χ4n) is 2.66. The molecule has 2 atom stereocenters. The van der Waals surface area contributed by atoms with E-state index >= 15 is 0 Å². The van der Waals surface area contributed by atoms with Gasteiger partial charge in [-0.05, 0) is 45.1 Å². The minimum Gasteiger partial charge on any atom is -0.468 e. The molecule has 0 radical (unpaired) electrons. The third kappa shape index (κ3) is 2.33. The van der Waals surface area contributed by atoms with Crippen LogP contribution in [-0.4, -0.2) is 36.6 Å². The Morgan fingerprint density at radius 2 is 2.07 bits per heavy atom. The van der Waals surface area contributed by atoms with Crippen LogP contribution in [0.25, 0.3) is 0 Å². The summed E-state index contributed by atoms with van der Waals surface area (Å²) in [6.07, 6.45) is 6.15. The van der Waals surface area contributed by atoms with E-state index < -0.39 is 0 Å². The zero-order valence-corrected chi connectivity index (χ0v) is 9.74. The van der Waals surface area contributed by atoms with Crippen molar-refractivity contribution >= 4 is 5.97 Å². The molecular weight excluding hydrogens is 190 g/mol. The second-order valence-electron chi connectivity index (χ2n) is 4.89. The maximum absolute atomic E-state index is 11.8. The number of esters is 1. The number of ether oxygens (including phenoxy) is 1. The van der Waals surface area contributed by atoms with Gasteiger partial charge in [-0.15, -0.1) is 0 Å². The van der Waals surface area contributed by atoms with E-state index in [4.69, 9.17) is 4.74 Å². The van der Waals surface area contributed by atoms with Crippen LogP contribution < -0.4 is 0 Å². The van der Waals surface area contributed by atoms with E-state index in [-0.39, 0.29) is 12.0 Å². The molecule has 0 aromatic heterocycles. The molecule has 2 rings (SSSR count). The van der Waals surface area contributed by atoms with Gasteiger partial charge in [-0.2, -0.15) is 0 Å². The lowest BCUT2D eigenvalue weighted by Crippen LogP contribution is -2.50. The summed E-state index contributed by atoms with van der Waals surface area (Å²) in [7, 11) is 1.51. The second-order valence-corrected chi connectivity index (χ2v) is 4.89. The van der Waals surface area contributed by atoms with E-state index in [1.54, 1.807) is 0 Å². The van der Waals surface area contributed by atoms with Gasteiger partial charge in [0.2, 0.25) is 0 Å². The predicted octanol–water partition coefficient (Wildman–Crippen LogP) is 1.81. The van der Waals surface area contributed by atoms with E-state index in [1.165, 1.54) is 39.2 Å². The van der Waals surface area contributed by atoms with Crippen LogP contribution in [0, 0.1) is 5.92 Å². The van der Waals surface area contributed by atoms with Crippen LogP contribution in [0.4, 0.5) is 0 Å². The Kier molecular flexibility index (Phi) is 3.29. The lowest BCUT2D eigenvalue weighted by molar-refractivity contribution is -0.149. The number of nitrogens with zero attached hydrogens (tertiary/aromatic N) is 1. The van der Waals surface area contributed by atoms with Crippen LogP contribution >= 0.6 is 0 Å². The van der Waals surface area contributed by atoms with Crippen molar-refractivity contribution in [2.75, 3.05) is 13.7 Å². The van der Waals surface area contributed by atoms with Gasteiger partial charge in [-0.25, -0.2) is 0 Å². The largest absolute Gasteiger partial charge is 0.468 e. The van der Waals surface area contributed by atoms with Gasteiger partial charge in [0.25, 0.3) is 0 Å². The Labute approximate surface area is 91.8 Å². The first-order valence-corrected chi connectivity index (χ1v) is 6.07. The summed E-state index contributed by atoms with van der Waals surface area (Å²) in [5, 5.41) is 0. The van der Waals surface area contributed by atoms with Crippen molar-refractivity contribution < 1.29 is 9.53 Å². The number of likely N-dealkylation sites (tertiary alicyclic amines) is 1. The fraction of sp³-hybridized carbons (Fsp3) is 0.917. The number of carbonyl (C=O) groups is 1. The molecule has 1 aliphatic carbocycles. The SMILES string of the molecule is COC(=O)C(C1CC1)N1CCCCC1C. The van der Waals surface area contributed by atoms with Crippen LogP contribution in [0.1, 0.15) is 39.0 Å². The van der Waals surface area contributed by atoms with Gasteiger partial charge < -0.3 is 4.74 Å². The molecule has 2 aliphatic rings. The first-order chi connectivity index (χ1) is 7.24. The highest BCUT2D eigenvalue weighted by atomic mass is 16.5. The lowest BCUT2D eigenvalue weighted by atomic mass is 9.99. The number of methoxy groups -OCH3 is 1. The highest BCUT2D eigenvalue weighted by molar-refractivity contribution is 5.76. The number of piperidine rings is 1. The van der Waals surface area contributed by atoms with E-state index in [9.17, 15) is 4.79 Å². The lowest BCUT2D eigenvalue weighted by Gasteiger charge is -2.38. The summed E-state index contributed by atoms with van der Waals surface area (Å²) >= 11 is 0. The number of rotatable bonds is 3. The molecule has 1 saturated carbocycles. The van der Waals surface area contributed by atoms with Gasteiger partial charge in [0.15, 0.2) is 0 Å². The zero-order chi connectivity index (χ0) is 10.8. The van der Waals surface area contributed by atoms with E-state index in [0.717, 1.165) is 6.54 Å². The van der Waals surface area contributed by atoms with Crippen molar-refractivity contribution in [3.8, 4) is 0 Å². The molecule has 0 aromatic carbocycles. The molecule has 0 aromatic rings. The smallest absolute Gasteiger partial charge is 0.323 e. The Bertz CT molecular complexity index is 238. The molecule has 1 saturated heterocycles. The number of hydrogen-bond acceptors (Lipinski definition) is 3. The van der Waals surface area contributed by atoms with Gasteiger partial charge in [-0.3, -0.25) is 9.69 Å². The molecule has 3 heteroatoms. The van der Waals surface area contributed by atoms with E-state index in [2.05, 4.69) is 11.8 Å². The summed E-state index contributed by atoms with van der Waals surface area (Å²) in [5.41, 5.74) is 0. The van der Waals surface area contributed by atoms with Crippen LogP contribution in [0.5, 0.6) is 0 Å². The number of carbonyl (C=O) groups excluding carboxylic acids is 1. The standard InChI is InChI=1S/C12H21NO2/c1-9-5-3-4-8-13(9)11(10-6-7-10)12(14)15-2/h9-11H,3-8H2,1-2H3. The third-order valence-electron chi connectivity index (χ3n) is 3.72. The molecule has 3 nitrogen and oxygen atoms in total. The summed E-state index contributed by atoms with van der Waals surface area (Å²) in [4.78, 5) is 14.1. The van der Waals surface area contributed by atoms with Crippen molar-refractivity contribution in [2.45, 2.75) is 51.1 Å². The summed E-state index contributed by atoms with van der Waals surface area (Å²) in [5.74, 6) is 0.546. The van der Waals surface area contributed by atoms with Crippen molar-refractivity contribution in [2.24, 2.45) is 5.92 Å². The average molecular weight is 211 g/mol. The van der Waals surface area contributed by atoms with Crippen molar-refractivity contribution in [3.05, 3.63) is 0 Å². The molecule has 2 fully saturated rings. The van der Waals surface area contributed by atoms with Gasteiger partial charge in [0.1, 0.15) is 6.04 Å². The monoisotopic (exact) mass is 211 g/mol. The molecule has 1 aliphatic heterocycles. The third-order valence-corrected chi connectivity index (χ3v) is 3.72. The highest BCUT2D eigenvalue weighted by Gasteiger charge is 2.42. The second kappa shape index (κ2) is 4.52. The molecule has 0 N–H and O–H groups in total. The molecule has 15 heavy (non-hydrogen) atoms. The van der Waals surface area contributed by atoms with Crippen molar-refractivity contribution in [3.63, 3.8) is 0 Å². The molecule has 1 heterocycles. The Morgan fingerprint density at radius 1 is 1.33 bits per heavy atom. The van der Waals surface area contributed by atoms with Crippen molar-refractivity contribution in [1.29, 1.82) is 0 Å². The van der Waals surface area contributed by atoms with Gasteiger partial charge >= 0.3 is 5.97 Å². The highest BCUT2D eigenvalue weighted by Crippen LogP contribution is 2.38. The summed E-state index contributed by atoms with van der Waals surface area (Å²) in [6, 6.07) is 0.591. The van der Waals surface area contributed by atoms with E-state index in [0.29, 0.717) is 12.0 Å². The van der Waals surface area contributed by atoms with Crippen LogP contribution in [0.15, 0.2) is 0 Å². The quantitative estimate of drug-likeness (QED) is 0.667. The predicted molar refractivity (Wildman–Crippen MR) is 58.5 cm³/mol. The Morgan fingerprint density at radius 3 is 2.60 bits per heavy atom. The van der Waals surface area contributed by atoms with Crippen molar-refractivity contribution in [1.82, 2.24) is 4.90 Å². The summed E-state index contributed by atoms with van der Waals surface area (Å²) < 4.78 is 4.93. The number of hydrogen-bond donors (Lipinski definition) is 0. The maximum Gasteiger partial charge on any atom is 0.323 e. The Hall–Kier alpha value is -0.570. The van der Waals surface area contributed by atoms with Crippen LogP contribution in [-0.2, 0) is 9.53 Å². The maximum atomic E-state index is 11.8. The van der Waals surface area contributed by atoms with Gasteiger partial charge in [0, 0.05) is 6.04 Å². The molecule has 86 valence electrons. The van der Waals surface area contributed by atoms with E-state index in [1.807, 2.05) is 0 Å². The minimum atomic E-state index is -0.0220. The van der Waals surface area contributed by atoms with Crippen LogP contribution in [0.3, 0.4) is 0 Å². The zero-order valence-electron chi connectivity index (χ0n) is 9.74. The molecule has 0 bridgehead atoms. The summed E-state index contributed by atoms with van der Waals surface area (Å²) in [6.45, 7) is 3.30. The molecular formula is C12H21NO2. The Balaban J connectivity index is 2.05. The van der Waals surface area contributed by atoms with Crippen LogP contribution in [0.2, 0.25) is 0 Å². The van der Waals surface area contributed by atoms with Gasteiger partial charge in [-0.1, -0.05) is 6.42 Å². The average Bonchev–Trinajstić information content (AvgIpc) is 3.05. The normalized spacial score (nSPS) is 29.9. The first kappa shape index (κ1) is 10.9.